The number of ether oxygens (including phenoxy) is 1. The molecule has 0 aliphatic carbocycles. The van der Waals surface area contributed by atoms with Gasteiger partial charge in [-0.3, -0.25) is 0 Å². The van der Waals surface area contributed by atoms with Gasteiger partial charge in [0.25, 0.3) is 0 Å². The van der Waals surface area contributed by atoms with Crippen molar-refractivity contribution in [3.05, 3.63) is 53.2 Å². The Morgan fingerprint density at radius 2 is 2.17 bits per heavy atom. The van der Waals surface area contributed by atoms with Gasteiger partial charge in [0, 0.05) is 23.8 Å². The first-order valence-electron chi connectivity index (χ1n) is 5.87. The molecule has 0 saturated heterocycles. The molecule has 94 valence electrons. The molecule has 0 saturated carbocycles. The predicted molar refractivity (Wildman–Crippen MR) is 73.1 cm³/mol. The quantitative estimate of drug-likeness (QED) is 0.893. The molecule has 1 N–H and O–H groups in total. The minimum absolute atomic E-state index is 0.577. The number of pyridine rings is 1. The molecule has 0 aliphatic rings. The molecular formula is C14H15ClN2O. The number of nitrogens with one attached hydrogen (secondary N) is 1. The van der Waals surface area contributed by atoms with Crippen LogP contribution in [0.2, 0.25) is 5.02 Å². The molecule has 0 amide bonds. The summed E-state index contributed by atoms with van der Waals surface area (Å²) in [6, 6.07) is 11.2. The summed E-state index contributed by atoms with van der Waals surface area (Å²) in [6.45, 7) is 3.82. The maximum atomic E-state index is 5.90. The van der Waals surface area contributed by atoms with Crippen molar-refractivity contribution >= 4 is 11.6 Å². The fraction of sp³-hybridized carbons (Fsp3) is 0.214. The van der Waals surface area contributed by atoms with Gasteiger partial charge in [0.2, 0.25) is 5.88 Å². The van der Waals surface area contributed by atoms with Crippen LogP contribution in [0.4, 0.5) is 0 Å². The fourth-order valence-electron chi connectivity index (χ4n) is 1.54. The van der Waals surface area contributed by atoms with E-state index in [0.717, 1.165) is 18.7 Å². The minimum Gasteiger partial charge on any atom is -0.439 e. The van der Waals surface area contributed by atoms with Crippen molar-refractivity contribution in [2.45, 2.75) is 13.5 Å². The van der Waals surface area contributed by atoms with Crippen LogP contribution < -0.4 is 10.1 Å². The second-order valence-electron chi connectivity index (χ2n) is 3.84. The molecule has 4 heteroatoms. The molecule has 3 nitrogen and oxygen atoms in total. The van der Waals surface area contributed by atoms with Crippen LogP contribution in [0, 0.1) is 0 Å². The first-order valence-corrected chi connectivity index (χ1v) is 6.25. The van der Waals surface area contributed by atoms with Gasteiger partial charge in [-0.25, -0.2) is 4.98 Å². The molecule has 1 aromatic carbocycles. The molecule has 18 heavy (non-hydrogen) atoms. The topological polar surface area (TPSA) is 34.2 Å². The van der Waals surface area contributed by atoms with E-state index in [2.05, 4.69) is 17.2 Å². The highest BCUT2D eigenvalue weighted by Gasteiger charge is 2.01. The summed E-state index contributed by atoms with van der Waals surface area (Å²) in [5, 5.41) is 3.91. The zero-order chi connectivity index (χ0) is 12.8. The van der Waals surface area contributed by atoms with E-state index in [1.807, 2.05) is 30.3 Å². The summed E-state index contributed by atoms with van der Waals surface area (Å²) in [4.78, 5) is 4.18. The Bertz CT molecular complexity index is 517. The van der Waals surface area contributed by atoms with Crippen molar-refractivity contribution < 1.29 is 4.74 Å². The average Bonchev–Trinajstić information content (AvgIpc) is 2.37. The van der Waals surface area contributed by atoms with E-state index in [4.69, 9.17) is 16.3 Å². The van der Waals surface area contributed by atoms with Gasteiger partial charge in [-0.1, -0.05) is 24.6 Å². The standard InChI is InChI=1S/C14H15ClN2O/c1-2-16-10-11-6-7-17-14(8-11)18-13-5-3-4-12(15)9-13/h3-9,16H,2,10H2,1H3. The third-order valence-corrected chi connectivity index (χ3v) is 2.63. The van der Waals surface area contributed by atoms with E-state index in [9.17, 15) is 0 Å². The average molecular weight is 263 g/mol. The Balaban J connectivity index is 2.09. The van der Waals surface area contributed by atoms with E-state index in [1.165, 1.54) is 0 Å². The fourth-order valence-corrected chi connectivity index (χ4v) is 1.72. The molecule has 2 rings (SSSR count). The molecule has 0 radical (unpaired) electrons. The molecule has 1 heterocycles. The van der Waals surface area contributed by atoms with Crippen molar-refractivity contribution in [2.75, 3.05) is 6.54 Å². The Kier molecular flexibility index (Phi) is 4.56. The van der Waals surface area contributed by atoms with Crippen molar-refractivity contribution in [1.29, 1.82) is 0 Å². The Labute approximate surface area is 112 Å². The largest absolute Gasteiger partial charge is 0.439 e. The SMILES string of the molecule is CCNCc1ccnc(Oc2cccc(Cl)c2)c1. The van der Waals surface area contributed by atoms with Gasteiger partial charge >= 0.3 is 0 Å². The Hall–Kier alpha value is -1.58. The van der Waals surface area contributed by atoms with Gasteiger partial charge in [0.1, 0.15) is 5.75 Å². The molecule has 0 fully saturated rings. The van der Waals surface area contributed by atoms with E-state index in [-0.39, 0.29) is 0 Å². The summed E-state index contributed by atoms with van der Waals surface area (Å²) in [6.07, 6.45) is 1.74. The highest BCUT2D eigenvalue weighted by molar-refractivity contribution is 6.30. The van der Waals surface area contributed by atoms with Crippen LogP contribution >= 0.6 is 11.6 Å². The van der Waals surface area contributed by atoms with Gasteiger partial charge in [0.05, 0.1) is 0 Å². The zero-order valence-electron chi connectivity index (χ0n) is 10.2. The lowest BCUT2D eigenvalue weighted by atomic mass is 10.2. The molecule has 0 unspecified atom stereocenters. The monoisotopic (exact) mass is 262 g/mol. The van der Waals surface area contributed by atoms with Crippen LogP contribution in [0.1, 0.15) is 12.5 Å². The zero-order valence-corrected chi connectivity index (χ0v) is 10.9. The third-order valence-electron chi connectivity index (χ3n) is 2.40. The van der Waals surface area contributed by atoms with Crippen molar-refractivity contribution in [2.24, 2.45) is 0 Å². The lowest BCUT2D eigenvalue weighted by Gasteiger charge is -2.07. The predicted octanol–water partition coefficient (Wildman–Crippen LogP) is 3.64. The van der Waals surface area contributed by atoms with Crippen LogP contribution in [-0.4, -0.2) is 11.5 Å². The number of benzene rings is 1. The normalized spacial score (nSPS) is 10.3. The number of rotatable bonds is 5. The van der Waals surface area contributed by atoms with Gasteiger partial charge in [-0.05, 0) is 36.4 Å². The molecule has 0 aliphatic heterocycles. The van der Waals surface area contributed by atoms with Gasteiger partial charge < -0.3 is 10.1 Å². The highest BCUT2D eigenvalue weighted by atomic mass is 35.5. The molecule has 0 atom stereocenters. The summed E-state index contributed by atoms with van der Waals surface area (Å²) < 4.78 is 5.66. The number of hydrogen-bond donors (Lipinski definition) is 1. The minimum atomic E-state index is 0.577. The maximum Gasteiger partial charge on any atom is 0.219 e. The maximum absolute atomic E-state index is 5.90. The van der Waals surface area contributed by atoms with Gasteiger partial charge in [0.15, 0.2) is 0 Å². The van der Waals surface area contributed by atoms with Gasteiger partial charge in [-0.15, -0.1) is 0 Å². The Morgan fingerprint density at radius 3 is 2.94 bits per heavy atom. The molecule has 2 aromatic rings. The first kappa shape index (κ1) is 12.9. The second-order valence-corrected chi connectivity index (χ2v) is 4.28. The number of hydrogen-bond acceptors (Lipinski definition) is 3. The first-order chi connectivity index (χ1) is 8.78. The smallest absolute Gasteiger partial charge is 0.219 e. The van der Waals surface area contributed by atoms with Crippen LogP contribution in [0.25, 0.3) is 0 Å². The summed E-state index contributed by atoms with van der Waals surface area (Å²) >= 11 is 5.90. The van der Waals surface area contributed by atoms with E-state index in [1.54, 1.807) is 12.3 Å². The van der Waals surface area contributed by atoms with Crippen LogP contribution in [0.5, 0.6) is 11.6 Å². The molecule has 0 bridgehead atoms. The van der Waals surface area contributed by atoms with Gasteiger partial charge in [-0.2, -0.15) is 0 Å². The molecular weight excluding hydrogens is 248 g/mol. The van der Waals surface area contributed by atoms with Crippen LogP contribution in [-0.2, 0) is 6.54 Å². The lowest BCUT2D eigenvalue weighted by Crippen LogP contribution is -2.11. The highest BCUT2D eigenvalue weighted by Crippen LogP contribution is 2.22. The second kappa shape index (κ2) is 6.38. The number of aromatic nitrogens is 1. The van der Waals surface area contributed by atoms with Crippen molar-refractivity contribution in [1.82, 2.24) is 10.3 Å². The molecule has 0 spiro atoms. The van der Waals surface area contributed by atoms with Crippen LogP contribution in [0.15, 0.2) is 42.6 Å². The third kappa shape index (κ3) is 3.72. The number of nitrogens with zero attached hydrogens (tertiary/aromatic N) is 1. The number of halogens is 1. The summed E-state index contributed by atoms with van der Waals surface area (Å²) in [5.74, 6) is 1.27. The molecule has 1 aromatic heterocycles. The van der Waals surface area contributed by atoms with Crippen molar-refractivity contribution in [3.8, 4) is 11.6 Å². The summed E-state index contributed by atoms with van der Waals surface area (Å²) in [7, 11) is 0. The Morgan fingerprint density at radius 1 is 1.28 bits per heavy atom. The van der Waals surface area contributed by atoms with E-state index in [0.29, 0.717) is 16.7 Å². The lowest BCUT2D eigenvalue weighted by molar-refractivity contribution is 0.462. The summed E-state index contributed by atoms with van der Waals surface area (Å²) in [5.41, 5.74) is 1.14. The van der Waals surface area contributed by atoms with Crippen LogP contribution in [0.3, 0.4) is 0 Å². The van der Waals surface area contributed by atoms with Crippen molar-refractivity contribution in [3.63, 3.8) is 0 Å². The van der Waals surface area contributed by atoms with E-state index >= 15 is 0 Å². The van der Waals surface area contributed by atoms with E-state index < -0.39 is 0 Å².